The fourth-order valence-corrected chi connectivity index (χ4v) is 5.85. The zero-order valence-electron chi connectivity index (χ0n) is 14.5. The van der Waals surface area contributed by atoms with Gasteiger partial charge in [-0.25, -0.2) is 8.42 Å². The number of rotatable bonds is 5. The fraction of sp³-hybridized carbons (Fsp3) is 0.688. The van der Waals surface area contributed by atoms with Crippen LogP contribution in [0.25, 0.3) is 0 Å². The molecule has 2 aliphatic rings. The van der Waals surface area contributed by atoms with Gasteiger partial charge in [0.2, 0.25) is 5.91 Å². The maximum Gasteiger partial charge on any atom is 0.252 e. The van der Waals surface area contributed by atoms with E-state index in [-0.39, 0.29) is 34.9 Å². The van der Waals surface area contributed by atoms with Gasteiger partial charge in [0.05, 0.1) is 31.4 Å². The second kappa shape index (κ2) is 7.71. The van der Waals surface area contributed by atoms with Crippen LogP contribution < -0.4 is 0 Å². The molecular formula is C16H24N2O5S2. The lowest BCUT2D eigenvalue weighted by Crippen LogP contribution is -2.58. The Morgan fingerprint density at radius 1 is 1.48 bits per heavy atom. The summed E-state index contributed by atoms with van der Waals surface area (Å²) in [4.78, 5) is 14.6. The quantitative estimate of drug-likeness (QED) is 0.757. The van der Waals surface area contributed by atoms with Gasteiger partial charge in [-0.1, -0.05) is 6.07 Å². The average molecular weight is 389 g/mol. The van der Waals surface area contributed by atoms with Crippen molar-refractivity contribution < 1.29 is 22.7 Å². The lowest BCUT2D eigenvalue weighted by atomic mass is 9.88. The van der Waals surface area contributed by atoms with Crippen molar-refractivity contribution in [2.45, 2.75) is 41.7 Å². The summed E-state index contributed by atoms with van der Waals surface area (Å²) in [5.74, 6) is -0.183. The molecule has 1 aromatic rings. The predicted molar refractivity (Wildman–Crippen MR) is 94.0 cm³/mol. The van der Waals surface area contributed by atoms with Gasteiger partial charge in [0.25, 0.3) is 10.0 Å². The van der Waals surface area contributed by atoms with Crippen LogP contribution in [0.1, 0.15) is 19.3 Å². The van der Waals surface area contributed by atoms with Gasteiger partial charge >= 0.3 is 0 Å². The molecule has 2 fully saturated rings. The van der Waals surface area contributed by atoms with E-state index in [0.29, 0.717) is 13.2 Å². The van der Waals surface area contributed by atoms with Crippen molar-refractivity contribution in [3.05, 3.63) is 17.5 Å². The Labute approximate surface area is 152 Å². The molecule has 1 aliphatic carbocycles. The molecule has 1 aliphatic heterocycles. The molecule has 7 nitrogen and oxygen atoms in total. The highest BCUT2D eigenvalue weighted by atomic mass is 32.2. The van der Waals surface area contributed by atoms with E-state index in [0.717, 1.165) is 34.9 Å². The highest BCUT2D eigenvalue weighted by Crippen LogP contribution is 2.30. The summed E-state index contributed by atoms with van der Waals surface area (Å²) in [6.07, 6.45) is 2.64. The number of amides is 1. The zero-order chi connectivity index (χ0) is 18.0. The van der Waals surface area contributed by atoms with Gasteiger partial charge in [0.1, 0.15) is 4.21 Å². The maximum absolute atomic E-state index is 12.8. The van der Waals surface area contributed by atoms with Gasteiger partial charge in [-0.3, -0.25) is 4.79 Å². The molecule has 1 amide bonds. The van der Waals surface area contributed by atoms with Crippen LogP contribution in [-0.4, -0.2) is 75.6 Å². The highest BCUT2D eigenvalue weighted by Gasteiger charge is 2.40. The molecule has 1 aromatic heterocycles. The van der Waals surface area contributed by atoms with Crippen molar-refractivity contribution in [2.75, 3.05) is 33.9 Å². The van der Waals surface area contributed by atoms with Crippen LogP contribution in [0, 0.1) is 0 Å². The number of carbonyl (C=O) groups is 1. The molecule has 0 spiro atoms. The minimum absolute atomic E-state index is 0.0170. The van der Waals surface area contributed by atoms with Crippen LogP contribution in [0.2, 0.25) is 0 Å². The van der Waals surface area contributed by atoms with Crippen molar-refractivity contribution >= 4 is 27.3 Å². The number of thiophene rings is 1. The third kappa shape index (κ3) is 3.90. The Kier molecular flexibility index (Phi) is 5.79. The molecule has 0 aromatic carbocycles. The average Bonchev–Trinajstić information content (AvgIpc) is 3.16. The SMILES string of the molecule is CO[C@@H]1CC[C@H]2OCCN(C(=O)CN(C)S(=O)(=O)c3cccs3)[C@H]2C1. The summed E-state index contributed by atoms with van der Waals surface area (Å²) in [7, 11) is -0.495. The normalized spacial score (nSPS) is 27.3. The van der Waals surface area contributed by atoms with Crippen LogP contribution in [0.4, 0.5) is 0 Å². The number of nitrogens with zero attached hydrogens (tertiary/aromatic N) is 2. The van der Waals surface area contributed by atoms with E-state index in [2.05, 4.69) is 0 Å². The summed E-state index contributed by atoms with van der Waals surface area (Å²) in [5, 5.41) is 1.71. The lowest BCUT2D eigenvalue weighted by Gasteiger charge is -2.45. The molecule has 3 atom stereocenters. The van der Waals surface area contributed by atoms with Crippen molar-refractivity contribution in [3.63, 3.8) is 0 Å². The van der Waals surface area contributed by atoms with E-state index in [9.17, 15) is 13.2 Å². The third-order valence-corrected chi connectivity index (χ3v) is 8.12. The third-order valence-electron chi connectivity index (χ3n) is 4.94. The predicted octanol–water partition coefficient (Wildman–Crippen LogP) is 1.16. The first-order valence-corrected chi connectivity index (χ1v) is 10.7. The van der Waals surface area contributed by atoms with E-state index >= 15 is 0 Å². The number of carbonyl (C=O) groups excluding carboxylic acids is 1. The number of hydrogen-bond acceptors (Lipinski definition) is 6. The Morgan fingerprint density at radius 3 is 2.96 bits per heavy atom. The molecule has 0 N–H and O–H groups in total. The molecule has 3 rings (SSSR count). The minimum atomic E-state index is -3.63. The van der Waals surface area contributed by atoms with Gasteiger partial charge in [-0.05, 0) is 30.7 Å². The standard InChI is InChI=1S/C16H24N2O5S2/c1-17(25(20,21)16-4-3-9-24-16)11-15(19)18-7-8-23-14-6-5-12(22-2)10-13(14)18/h3-4,9,12-14H,5-8,10-11H2,1-2H3/t12-,13+,14-/m1/s1. The lowest BCUT2D eigenvalue weighted by molar-refractivity contribution is -0.154. The molecular weight excluding hydrogens is 364 g/mol. The highest BCUT2D eigenvalue weighted by molar-refractivity contribution is 7.91. The topological polar surface area (TPSA) is 76.2 Å². The number of hydrogen-bond donors (Lipinski definition) is 0. The number of sulfonamides is 1. The molecule has 0 radical (unpaired) electrons. The summed E-state index contributed by atoms with van der Waals surface area (Å²) in [6, 6.07) is 3.20. The fourth-order valence-electron chi connectivity index (χ4n) is 3.53. The molecule has 0 unspecified atom stereocenters. The minimum Gasteiger partial charge on any atom is -0.381 e. The summed E-state index contributed by atoms with van der Waals surface area (Å²) >= 11 is 1.15. The van der Waals surface area contributed by atoms with Gasteiger partial charge in [0, 0.05) is 20.7 Å². The maximum atomic E-state index is 12.8. The zero-order valence-corrected chi connectivity index (χ0v) is 16.1. The van der Waals surface area contributed by atoms with Crippen LogP contribution in [0.15, 0.2) is 21.7 Å². The summed E-state index contributed by atoms with van der Waals surface area (Å²) in [5.41, 5.74) is 0. The van der Waals surface area contributed by atoms with Crippen molar-refractivity contribution in [3.8, 4) is 0 Å². The second-order valence-electron chi connectivity index (χ2n) is 6.43. The molecule has 25 heavy (non-hydrogen) atoms. The van der Waals surface area contributed by atoms with Crippen molar-refractivity contribution in [2.24, 2.45) is 0 Å². The first-order chi connectivity index (χ1) is 11.9. The Morgan fingerprint density at radius 2 is 2.28 bits per heavy atom. The van der Waals surface area contributed by atoms with Crippen molar-refractivity contribution in [1.29, 1.82) is 0 Å². The largest absolute Gasteiger partial charge is 0.381 e. The number of fused-ring (bicyclic) bond motifs is 1. The first kappa shape index (κ1) is 18.8. The Bertz CT molecular complexity index is 691. The van der Waals surface area contributed by atoms with Crippen LogP contribution >= 0.6 is 11.3 Å². The van der Waals surface area contributed by atoms with E-state index in [1.165, 1.54) is 7.05 Å². The molecule has 0 bridgehead atoms. The molecule has 1 saturated heterocycles. The summed E-state index contributed by atoms with van der Waals surface area (Å²) < 4.78 is 37.7. The first-order valence-electron chi connectivity index (χ1n) is 8.37. The van der Waals surface area contributed by atoms with Gasteiger partial charge < -0.3 is 14.4 Å². The Balaban J connectivity index is 1.69. The van der Waals surface area contributed by atoms with Crippen molar-refractivity contribution in [1.82, 2.24) is 9.21 Å². The van der Waals surface area contributed by atoms with Crippen LogP contribution in [-0.2, 0) is 24.3 Å². The smallest absolute Gasteiger partial charge is 0.252 e. The number of likely N-dealkylation sites (N-methyl/N-ethyl adjacent to an activating group) is 1. The molecule has 2 heterocycles. The van der Waals surface area contributed by atoms with E-state index in [1.807, 2.05) is 0 Å². The second-order valence-corrected chi connectivity index (χ2v) is 9.65. The number of morpholine rings is 1. The van der Waals surface area contributed by atoms with Gasteiger partial charge in [0.15, 0.2) is 0 Å². The molecule has 1 saturated carbocycles. The van der Waals surface area contributed by atoms with E-state index in [4.69, 9.17) is 9.47 Å². The van der Waals surface area contributed by atoms with Crippen LogP contribution in [0.5, 0.6) is 0 Å². The molecule has 9 heteroatoms. The van der Waals surface area contributed by atoms with E-state index < -0.39 is 10.0 Å². The number of ether oxygens (including phenoxy) is 2. The Hall–Kier alpha value is -1.00. The van der Waals surface area contributed by atoms with Gasteiger partial charge in [-0.2, -0.15) is 4.31 Å². The van der Waals surface area contributed by atoms with E-state index in [1.54, 1.807) is 29.5 Å². The van der Waals surface area contributed by atoms with Gasteiger partial charge in [-0.15, -0.1) is 11.3 Å². The monoisotopic (exact) mass is 388 g/mol. The van der Waals surface area contributed by atoms with Crippen LogP contribution in [0.3, 0.4) is 0 Å². The number of methoxy groups -OCH3 is 1. The summed E-state index contributed by atoms with van der Waals surface area (Å²) in [6.45, 7) is 0.816. The molecule has 140 valence electrons.